The first-order chi connectivity index (χ1) is 7.74. The van der Waals surface area contributed by atoms with Crippen LogP contribution in [0.4, 0.5) is 0 Å². The molecule has 0 radical (unpaired) electrons. The van der Waals surface area contributed by atoms with Gasteiger partial charge in [-0.2, -0.15) is 0 Å². The molecule has 1 saturated carbocycles. The fourth-order valence-corrected chi connectivity index (χ4v) is 3.40. The highest BCUT2D eigenvalue weighted by molar-refractivity contribution is 4.90. The number of ether oxygens (including phenoxy) is 1. The largest absolute Gasteiger partial charge is 0.390 e. The maximum absolute atomic E-state index is 10.8. The summed E-state index contributed by atoms with van der Waals surface area (Å²) in [6.07, 6.45) is 9.28. The van der Waals surface area contributed by atoms with Gasteiger partial charge < -0.3 is 9.84 Å². The first kappa shape index (κ1) is 12.4. The number of aliphatic hydroxyl groups is 1. The van der Waals surface area contributed by atoms with Gasteiger partial charge in [-0.05, 0) is 38.0 Å². The van der Waals surface area contributed by atoms with Gasteiger partial charge in [0.2, 0.25) is 0 Å². The molecule has 94 valence electrons. The van der Waals surface area contributed by atoms with E-state index in [-0.39, 0.29) is 0 Å². The Kier molecular flexibility index (Phi) is 4.26. The van der Waals surface area contributed by atoms with Crippen molar-refractivity contribution in [3.63, 3.8) is 0 Å². The second-order valence-corrected chi connectivity index (χ2v) is 5.72. The van der Waals surface area contributed by atoms with E-state index in [1.54, 1.807) is 0 Å². The van der Waals surface area contributed by atoms with Crippen LogP contribution in [-0.2, 0) is 4.74 Å². The van der Waals surface area contributed by atoms with Crippen molar-refractivity contribution < 1.29 is 9.84 Å². The van der Waals surface area contributed by atoms with Gasteiger partial charge in [0.25, 0.3) is 0 Å². The van der Waals surface area contributed by atoms with Gasteiger partial charge >= 0.3 is 0 Å². The predicted molar refractivity (Wildman–Crippen MR) is 65.4 cm³/mol. The fraction of sp³-hybridized carbons (Fsp3) is 1.00. The quantitative estimate of drug-likeness (QED) is 0.733. The van der Waals surface area contributed by atoms with Gasteiger partial charge in [0, 0.05) is 12.5 Å². The molecule has 0 aromatic rings. The molecule has 2 heteroatoms. The fourth-order valence-electron chi connectivity index (χ4n) is 3.40. The minimum Gasteiger partial charge on any atom is -0.390 e. The zero-order valence-electron chi connectivity index (χ0n) is 10.6. The molecule has 2 rings (SSSR count). The summed E-state index contributed by atoms with van der Waals surface area (Å²) in [6, 6.07) is 0. The number of hydrogen-bond acceptors (Lipinski definition) is 2. The highest BCUT2D eigenvalue weighted by atomic mass is 16.5. The summed E-state index contributed by atoms with van der Waals surface area (Å²) in [5.41, 5.74) is -0.412. The molecule has 1 saturated heterocycles. The Hall–Kier alpha value is -0.0800. The van der Waals surface area contributed by atoms with Crippen molar-refractivity contribution in [1.82, 2.24) is 0 Å². The van der Waals surface area contributed by atoms with E-state index in [2.05, 4.69) is 6.92 Å². The average molecular weight is 226 g/mol. The molecule has 1 aliphatic heterocycles. The smallest absolute Gasteiger partial charge is 0.0697 e. The first-order valence-electron chi connectivity index (χ1n) is 7.05. The monoisotopic (exact) mass is 226 g/mol. The zero-order valence-corrected chi connectivity index (χ0v) is 10.6. The molecule has 0 bridgehead atoms. The molecule has 0 aromatic carbocycles. The van der Waals surface area contributed by atoms with Gasteiger partial charge in [-0.15, -0.1) is 0 Å². The third kappa shape index (κ3) is 2.78. The van der Waals surface area contributed by atoms with E-state index in [0.717, 1.165) is 44.8 Å². The van der Waals surface area contributed by atoms with Gasteiger partial charge in [0.15, 0.2) is 0 Å². The normalized spacial score (nSPS) is 41.6. The van der Waals surface area contributed by atoms with E-state index in [4.69, 9.17) is 4.74 Å². The summed E-state index contributed by atoms with van der Waals surface area (Å²) in [4.78, 5) is 0. The topological polar surface area (TPSA) is 29.5 Å². The second kappa shape index (κ2) is 5.50. The average Bonchev–Trinajstić information content (AvgIpc) is 2.53. The van der Waals surface area contributed by atoms with Crippen LogP contribution >= 0.6 is 0 Å². The van der Waals surface area contributed by atoms with Crippen molar-refractivity contribution in [2.45, 2.75) is 63.9 Å². The Morgan fingerprint density at radius 3 is 2.75 bits per heavy atom. The Balaban J connectivity index is 1.94. The van der Waals surface area contributed by atoms with Crippen molar-refractivity contribution in [3.8, 4) is 0 Å². The van der Waals surface area contributed by atoms with E-state index in [9.17, 15) is 5.11 Å². The Bertz CT molecular complexity index is 211. The van der Waals surface area contributed by atoms with Crippen molar-refractivity contribution in [2.24, 2.45) is 11.8 Å². The van der Waals surface area contributed by atoms with Crippen molar-refractivity contribution in [1.29, 1.82) is 0 Å². The summed E-state index contributed by atoms with van der Waals surface area (Å²) in [7, 11) is 0. The number of hydrogen-bond donors (Lipinski definition) is 1. The molecule has 0 spiro atoms. The molecule has 0 aromatic heterocycles. The van der Waals surface area contributed by atoms with Crippen LogP contribution in [-0.4, -0.2) is 23.9 Å². The van der Waals surface area contributed by atoms with Crippen LogP contribution in [0.5, 0.6) is 0 Å². The van der Waals surface area contributed by atoms with Crippen molar-refractivity contribution in [3.05, 3.63) is 0 Å². The van der Waals surface area contributed by atoms with Crippen molar-refractivity contribution in [2.75, 3.05) is 13.2 Å². The third-order valence-corrected chi connectivity index (χ3v) is 4.71. The molecular weight excluding hydrogens is 200 g/mol. The molecule has 1 heterocycles. The van der Waals surface area contributed by atoms with E-state index in [1.165, 1.54) is 25.7 Å². The van der Waals surface area contributed by atoms with E-state index < -0.39 is 5.60 Å². The van der Waals surface area contributed by atoms with Crippen LogP contribution in [0.3, 0.4) is 0 Å². The lowest BCUT2D eigenvalue weighted by Crippen LogP contribution is -2.42. The first-order valence-corrected chi connectivity index (χ1v) is 7.05. The molecule has 0 amide bonds. The predicted octanol–water partition coefficient (Wildman–Crippen LogP) is 3.13. The molecule has 1 N–H and O–H groups in total. The van der Waals surface area contributed by atoms with Gasteiger partial charge in [0.05, 0.1) is 12.2 Å². The minimum atomic E-state index is -0.412. The Morgan fingerprint density at radius 1 is 1.19 bits per heavy atom. The zero-order chi connectivity index (χ0) is 11.4. The van der Waals surface area contributed by atoms with E-state index >= 15 is 0 Å². The molecule has 2 nitrogen and oxygen atoms in total. The summed E-state index contributed by atoms with van der Waals surface area (Å²) in [5, 5.41) is 10.8. The molecule has 1 aliphatic carbocycles. The van der Waals surface area contributed by atoms with Gasteiger partial charge in [-0.1, -0.05) is 26.2 Å². The molecule has 3 atom stereocenters. The van der Waals surface area contributed by atoms with Crippen LogP contribution in [0.1, 0.15) is 58.3 Å². The summed E-state index contributed by atoms with van der Waals surface area (Å²) in [5.74, 6) is 1.25. The maximum atomic E-state index is 10.8. The van der Waals surface area contributed by atoms with Gasteiger partial charge in [0.1, 0.15) is 0 Å². The van der Waals surface area contributed by atoms with Crippen LogP contribution in [0.15, 0.2) is 0 Å². The highest BCUT2D eigenvalue weighted by Gasteiger charge is 2.38. The molecule has 3 unspecified atom stereocenters. The Labute approximate surface area is 99.4 Å². The lowest BCUT2D eigenvalue weighted by Gasteiger charge is -2.38. The molecule has 16 heavy (non-hydrogen) atoms. The summed E-state index contributed by atoms with van der Waals surface area (Å²) in [6.45, 7) is 3.95. The molecule has 2 aliphatic rings. The number of rotatable bonds is 2. The summed E-state index contributed by atoms with van der Waals surface area (Å²) < 4.78 is 5.53. The lowest BCUT2D eigenvalue weighted by molar-refractivity contribution is -0.0876. The standard InChI is InChI=1S/C14H26O2/c1-2-12-5-3-8-14(15,9-7-12)13-6-4-10-16-11-13/h12-13,15H,2-11H2,1H3. The van der Waals surface area contributed by atoms with Gasteiger partial charge in [-0.25, -0.2) is 0 Å². The lowest BCUT2D eigenvalue weighted by atomic mass is 9.78. The molecular formula is C14H26O2. The van der Waals surface area contributed by atoms with Crippen LogP contribution in [0.2, 0.25) is 0 Å². The minimum absolute atomic E-state index is 0.400. The van der Waals surface area contributed by atoms with Crippen LogP contribution in [0, 0.1) is 11.8 Å². The highest BCUT2D eigenvalue weighted by Crippen LogP contribution is 2.39. The molecule has 2 fully saturated rings. The van der Waals surface area contributed by atoms with Gasteiger partial charge in [-0.3, -0.25) is 0 Å². The Morgan fingerprint density at radius 2 is 2.06 bits per heavy atom. The maximum Gasteiger partial charge on any atom is 0.0697 e. The van der Waals surface area contributed by atoms with E-state index in [1.807, 2.05) is 0 Å². The van der Waals surface area contributed by atoms with Crippen LogP contribution in [0.25, 0.3) is 0 Å². The van der Waals surface area contributed by atoms with E-state index in [0.29, 0.717) is 5.92 Å². The summed E-state index contributed by atoms with van der Waals surface area (Å²) >= 11 is 0. The third-order valence-electron chi connectivity index (χ3n) is 4.71. The SMILES string of the molecule is CCC1CCCC(O)(C2CCCOC2)CC1. The van der Waals surface area contributed by atoms with Crippen molar-refractivity contribution >= 4 is 0 Å². The van der Waals surface area contributed by atoms with Crippen LogP contribution < -0.4 is 0 Å². The second-order valence-electron chi connectivity index (χ2n) is 5.72.